The Morgan fingerprint density at radius 2 is 2.75 bits per heavy atom. The topological polar surface area (TPSA) is 17.1 Å². The predicted octanol–water partition coefficient (Wildman–Crippen LogP) is 0.463. The molecule has 0 saturated carbocycles. The molecule has 0 radical (unpaired) electrons. The summed E-state index contributed by atoms with van der Waals surface area (Å²) in [4.78, 5) is 9.49. The molecule has 0 aromatic heterocycles. The molecule has 0 spiro atoms. The second kappa shape index (κ2) is 1.35. The third-order valence-electron chi connectivity index (χ3n) is 0. The van der Waals surface area contributed by atoms with E-state index >= 15 is 0 Å². The molecule has 0 bridgehead atoms. The minimum absolute atomic E-state index is 0.219. The molecule has 1 nitrogen and oxygen atoms in total. The van der Waals surface area contributed by atoms with Crippen LogP contribution in [0.3, 0.4) is 0 Å². The maximum Gasteiger partial charge on any atom is 0.182 e. The summed E-state index contributed by atoms with van der Waals surface area (Å²) < 4.78 is 6.23. The molecule has 0 rings (SSSR count). The van der Waals surface area contributed by atoms with E-state index in [0.717, 1.165) is 0 Å². The molecule has 0 saturated heterocycles. The highest BCUT2D eigenvalue weighted by Crippen LogP contribution is 1.66. The molecule has 0 aromatic rings. The Morgan fingerprint density at radius 3 is 2.75 bits per heavy atom. The van der Waals surface area contributed by atoms with Gasteiger partial charge < -0.3 is 0 Å². The first-order valence-corrected chi connectivity index (χ1v) is 1.23. The molecule has 0 amide bonds. The fourth-order valence-electron chi connectivity index (χ4n) is 0. The van der Waals surface area contributed by atoms with Crippen LogP contribution in [0.4, 0.5) is 0 Å². The van der Waals surface area contributed by atoms with Gasteiger partial charge in [0.15, 0.2) is 5.12 Å². The molecule has 2 heteroatoms. The molecular weight excluding hydrogens is 72.1 g/mol. The van der Waals surface area contributed by atoms with Crippen LogP contribution in [0.2, 0.25) is 0 Å². The number of carbonyl (C=O) groups is 1. The summed E-state index contributed by atoms with van der Waals surface area (Å²) in [6.07, 6.45) is 0. The Labute approximate surface area is 31.8 Å². The maximum atomic E-state index is 9.49. The van der Waals surface area contributed by atoms with Gasteiger partial charge in [0.2, 0.25) is 0 Å². The SMILES string of the molecule is [2H]CC(=O)S. The smallest absolute Gasteiger partial charge is 0.182 e. The van der Waals surface area contributed by atoms with Crippen molar-refractivity contribution in [1.29, 1.82) is 0 Å². The Kier molecular flexibility index (Phi) is 0.766. The predicted molar refractivity (Wildman–Crippen MR) is 19.7 cm³/mol. The summed E-state index contributed by atoms with van der Waals surface area (Å²) in [5.74, 6) is 0. The maximum absolute atomic E-state index is 9.49. The zero-order valence-corrected chi connectivity index (χ0v) is 2.96. The van der Waals surface area contributed by atoms with Crippen molar-refractivity contribution in [3.63, 3.8) is 0 Å². The van der Waals surface area contributed by atoms with Crippen LogP contribution < -0.4 is 0 Å². The lowest BCUT2D eigenvalue weighted by atomic mass is 10.9. The van der Waals surface area contributed by atoms with E-state index in [1.807, 2.05) is 0 Å². The highest BCUT2D eigenvalue weighted by Gasteiger charge is 1.63. The lowest BCUT2D eigenvalue weighted by Gasteiger charge is -1.55. The Morgan fingerprint density at radius 1 is 2.50 bits per heavy atom. The third kappa shape index (κ3) is 5250. The summed E-state index contributed by atoms with van der Waals surface area (Å²) in [7, 11) is 0. The first-order chi connectivity index (χ1) is 2.27. The molecule has 24 valence electrons. The van der Waals surface area contributed by atoms with Crippen molar-refractivity contribution < 1.29 is 6.17 Å². The van der Waals surface area contributed by atoms with Crippen LogP contribution in [-0.4, -0.2) is 5.12 Å². The minimum atomic E-state index is -0.384. The molecule has 0 aromatic carbocycles. The highest BCUT2D eigenvalue weighted by molar-refractivity contribution is 7.96. The van der Waals surface area contributed by atoms with Crippen LogP contribution in [0.25, 0.3) is 0 Å². The van der Waals surface area contributed by atoms with E-state index in [9.17, 15) is 4.79 Å². The second-order valence-electron chi connectivity index (χ2n) is 0.394. The van der Waals surface area contributed by atoms with Crippen molar-refractivity contribution >= 4 is 17.7 Å². The number of carbonyl (C=O) groups excluding carboxylic acids is 1. The van der Waals surface area contributed by atoms with Crippen LogP contribution in [-0.2, 0) is 4.79 Å². The normalized spacial score (nSPS) is 9.75. The van der Waals surface area contributed by atoms with Crippen LogP contribution in [0.1, 0.15) is 8.27 Å². The molecule has 4 heavy (non-hydrogen) atoms. The van der Waals surface area contributed by atoms with Gasteiger partial charge in [-0.2, -0.15) is 0 Å². The van der Waals surface area contributed by atoms with Gasteiger partial charge in [0.1, 0.15) is 0 Å². The first kappa shape index (κ1) is 2.27. The zero-order valence-electron chi connectivity index (χ0n) is 3.06. The van der Waals surface area contributed by atoms with E-state index in [0.29, 0.717) is 0 Å². The van der Waals surface area contributed by atoms with Gasteiger partial charge in [-0.05, 0) is 0 Å². The van der Waals surface area contributed by atoms with Crippen molar-refractivity contribution in [3.8, 4) is 0 Å². The van der Waals surface area contributed by atoms with Gasteiger partial charge in [0.25, 0.3) is 0 Å². The fraction of sp³-hybridized carbons (Fsp3) is 0.500. The fourth-order valence-corrected chi connectivity index (χ4v) is 0. The van der Waals surface area contributed by atoms with E-state index in [1.165, 1.54) is 0 Å². The molecule has 0 fully saturated rings. The molecule has 0 unspecified atom stereocenters. The standard InChI is InChI=1S/C2H4OS/c1-2(3)4/h1H3,(H,3,4)/i1D. The Bertz CT molecular complexity index is 44.9. The molecular formula is C2H4OS. The summed E-state index contributed by atoms with van der Waals surface area (Å²) in [5, 5.41) is -0.384. The third-order valence-corrected chi connectivity index (χ3v) is 0. The lowest BCUT2D eigenvalue weighted by Crippen LogP contribution is -1.62. The first-order valence-electron chi connectivity index (χ1n) is 1.49. The van der Waals surface area contributed by atoms with Crippen molar-refractivity contribution in [2.24, 2.45) is 0 Å². The molecule has 0 atom stereocenters. The monoisotopic (exact) mass is 77.0 g/mol. The number of rotatable bonds is 0. The highest BCUT2D eigenvalue weighted by atomic mass is 32.1. The van der Waals surface area contributed by atoms with Gasteiger partial charge >= 0.3 is 0 Å². The van der Waals surface area contributed by atoms with Crippen LogP contribution in [0.5, 0.6) is 0 Å². The average molecular weight is 77.1 g/mol. The Balaban J connectivity index is 2.85. The second-order valence-corrected chi connectivity index (χ2v) is 0.893. The van der Waals surface area contributed by atoms with Crippen molar-refractivity contribution in [1.82, 2.24) is 0 Å². The zero-order chi connectivity index (χ0) is 4.28. The van der Waals surface area contributed by atoms with Gasteiger partial charge in [-0.3, -0.25) is 4.79 Å². The molecule has 0 heterocycles. The van der Waals surface area contributed by atoms with Gasteiger partial charge in [-0.1, -0.05) is 0 Å². The van der Waals surface area contributed by atoms with Crippen molar-refractivity contribution in [2.45, 2.75) is 6.90 Å². The largest absolute Gasteiger partial charge is 0.288 e. The quantitative estimate of drug-likeness (QED) is 0.416. The number of hydrogen-bond donors (Lipinski definition) is 1. The van der Waals surface area contributed by atoms with Crippen molar-refractivity contribution in [2.75, 3.05) is 0 Å². The van der Waals surface area contributed by atoms with Gasteiger partial charge in [0, 0.05) is 8.27 Å². The van der Waals surface area contributed by atoms with E-state index in [4.69, 9.17) is 1.37 Å². The average Bonchev–Trinajstić information content (AvgIpc) is 1.38. The summed E-state index contributed by atoms with van der Waals surface area (Å²) in [6, 6.07) is 0. The molecule has 0 aliphatic heterocycles. The molecule has 0 aliphatic rings. The summed E-state index contributed by atoms with van der Waals surface area (Å²) >= 11 is 3.27. The lowest BCUT2D eigenvalue weighted by molar-refractivity contribution is -0.108. The minimum Gasteiger partial charge on any atom is -0.288 e. The number of thiol groups is 1. The molecule has 0 aliphatic carbocycles. The van der Waals surface area contributed by atoms with Crippen LogP contribution >= 0.6 is 12.6 Å². The van der Waals surface area contributed by atoms with E-state index in [-0.39, 0.29) is 12.0 Å². The summed E-state index contributed by atoms with van der Waals surface area (Å²) in [6.45, 7) is -0.219. The van der Waals surface area contributed by atoms with Crippen molar-refractivity contribution in [3.05, 3.63) is 0 Å². The van der Waals surface area contributed by atoms with E-state index in [1.54, 1.807) is 0 Å². The number of hydrogen-bond acceptors (Lipinski definition) is 1. The van der Waals surface area contributed by atoms with E-state index < -0.39 is 0 Å². The van der Waals surface area contributed by atoms with Crippen LogP contribution in [0, 0.1) is 0 Å². The van der Waals surface area contributed by atoms with E-state index in [2.05, 4.69) is 12.6 Å². The Hall–Kier alpha value is 0.0200. The summed E-state index contributed by atoms with van der Waals surface area (Å²) in [5.41, 5.74) is 0. The van der Waals surface area contributed by atoms with Gasteiger partial charge in [-0.25, -0.2) is 0 Å². The van der Waals surface area contributed by atoms with Gasteiger partial charge in [-0.15, -0.1) is 12.6 Å². The van der Waals surface area contributed by atoms with Gasteiger partial charge in [0.05, 0.1) is 0 Å². The van der Waals surface area contributed by atoms with Crippen LogP contribution in [0.15, 0.2) is 0 Å². The molecule has 0 N–H and O–H groups in total.